The molecule has 1 heterocycles. The van der Waals surface area contributed by atoms with Crippen molar-refractivity contribution in [3.63, 3.8) is 0 Å². The summed E-state index contributed by atoms with van der Waals surface area (Å²) in [6, 6.07) is 14.9. The predicted octanol–water partition coefficient (Wildman–Crippen LogP) is 4.17. The first-order chi connectivity index (χ1) is 11.8. The molecule has 0 unspecified atom stereocenters. The molecule has 3 aromatic rings. The lowest BCUT2D eigenvalue weighted by molar-refractivity contribution is 0.0967. The van der Waals surface area contributed by atoms with Crippen molar-refractivity contribution in [1.82, 2.24) is 20.2 Å². The molecule has 3 rings (SSSR count). The zero-order valence-electron chi connectivity index (χ0n) is 14.4. The fraction of sp³-hybridized carbons (Fsp3) is 0.263. The summed E-state index contributed by atoms with van der Waals surface area (Å²) in [4.78, 5) is 12.6. The maximum Gasteiger partial charge on any atom is 0.184 e. The monoisotopic (exact) mass is 354 g/mol. The van der Waals surface area contributed by atoms with Crippen LogP contribution in [0.4, 0.5) is 0 Å². The molecule has 0 spiro atoms. The molecule has 0 fully saturated rings. The molecule has 5 nitrogen and oxygen atoms in total. The molecule has 0 saturated carbocycles. The van der Waals surface area contributed by atoms with Crippen LogP contribution < -0.4 is 0 Å². The number of carbonyl (C=O) groups excluding carboxylic acids is 1. The highest BCUT2D eigenvalue weighted by molar-refractivity contribution is 6.30. The van der Waals surface area contributed by atoms with Crippen LogP contribution in [0.2, 0.25) is 5.02 Å². The highest BCUT2D eigenvalue weighted by Gasteiger charge is 2.16. The van der Waals surface area contributed by atoms with E-state index in [2.05, 4.69) is 36.3 Å². The Morgan fingerprint density at radius 3 is 2.28 bits per heavy atom. The highest BCUT2D eigenvalue weighted by atomic mass is 35.5. The number of benzene rings is 2. The number of carbonyl (C=O) groups is 1. The lowest BCUT2D eigenvalue weighted by Crippen LogP contribution is -2.14. The summed E-state index contributed by atoms with van der Waals surface area (Å²) < 4.78 is 1.50. The fourth-order valence-corrected chi connectivity index (χ4v) is 2.63. The minimum atomic E-state index is -0.0389. The van der Waals surface area contributed by atoms with Crippen LogP contribution in [0.15, 0.2) is 48.5 Å². The lowest BCUT2D eigenvalue weighted by Gasteiger charge is -2.19. The Hall–Kier alpha value is -2.53. The number of nitrogens with zero attached hydrogens (tertiary/aromatic N) is 4. The molecule has 0 radical (unpaired) electrons. The van der Waals surface area contributed by atoms with Gasteiger partial charge in [-0.15, -0.1) is 5.10 Å². The third kappa shape index (κ3) is 3.94. The summed E-state index contributed by atoms with van der Waals surface area (Å²) in [7, 11) is 0. The van der Waals surface area contributed by atoms with Crippen molar-refractivity contribution in [3.05, 3.63) is 64.7 Å². The lowest BCUT2D eigenvalue weighted by atomic mass is 9.86. The average Bonchev–Trinajstić information content (AvgIpc) is 3.03. The second-order valence-electron chi connectivity index (χ2n) is 6.92. The van der Waals surface area contributed by atoms with Crippen molar-refractivity contribution < 1.29 is 4.79 Å². The minimum absolute atomic E-state index is 0.0389. The van der Waals surface area contributed by atoms with Crippen molar-refractivity contribution >= 4 is 17.4 Å². The van der Waals surface area contributed by atoms with E-state index < -0.39 is 0 Å². The number of aromatic nitrogens is 4. The standard InChI is InChI=1S/C19H19ClN4O/c1-19(2,3)15-8-4-13(5-9-15)17(25)12-24-18(21-22-23-24)14-6-10-16(20)11-7-14/h4-11H,12H2,1-3H3. The maximum absolute atomic E-state index is 12.6. The van der Waals surface area contributed by atoms with Gasteiger partial charge in [0.2, 0.25) is 0 Å². The Morgan fingerprint density at radius 2 is 1.68 bits per heavy atom. The zero-order chi connectivity index (χ0) is 18.0. The fourth-order valence-electron chi connectivity index (χ4n) is 2.50. The van der Waals surface area contributed by atoms with Crippen molar-refractivity contribution in [1.29, 1.82) is 0 Å². The van der Waals surface area contributed by atoms with Crippen molar-refractivity contribution in [3.8, 4) is 11.4 Å². The van der Waals surface area contributed by atoms with Crippen LogP contribution in [0.3, 0.4) is 0 Å². The van der Waals surface area contributed by atoms with Crippen LogP contribution in [-0.2, 0) is 12.0 Å². The van der Waals surface area contributed by atoms with Gasteiger partial charge >= 0.3 is 0 Å². The van der Waals surface area contributed by atoms with Crippen molar-refractivity contribution in [2.24, 2.45) is 0 Å². The van der Waals surface area contributed by atoms with Crippen molar-refractivity contribution in [2.75, 3.05) is 0 Å². The quantitative estimate of drug-likeness (QED) is 0.659. The Kier molecular flexibility index (Phi) is 4.68. The van der Waals surface area contributed by atoms with Crippen LogP contribution in [-0.4, -0.2) is 26.0 Å². The van der Waals surface area contributed by atoms with Crippen molar-refractivity contribution in [2.45, 2.75) is 32.7 Å². The van der Waals surface area contributed by atoms with E-state index in [1.807, 2.05) is 36.4 Å². The normalized spacial score (nSPS) is 11.5. The Balaban J connectivity index is 1.80. The van der Waals surface area contributed by atoms with E-state index in [9.17, 15) is 4.79 Å². The summed E-state index contributed by atoms with van der Waals surface area (Å²) in [5.41, 5.74) is 2.70. The number of tetrazole rings is 1. The SMILES string of the molecule is CC(C)(C)c1ccc(C(=O)Cn2nnnc2-c2ccc(Cl)cc2)cc1. The first kappa shape index (κ1) is 17.3. The number of halogens is 1. The summed E-state index contributed by atoms with van der Waals surface area (Å²) >= 11 is 5.91. The van der Waals surface area contributed by atoms with Crippen LogP contribution >= 0.6 is 11.6 Å². The van der Waals surface area contributed by atoms with Gasteiger partial charge in [-0.3, -0.25) is 4.79 Å². The molecule has 0 saturated heterocycles. The summed E-state index contributed by atoms with van der Waals surface area (Å²) in [6.07, 6.45) is 0. The van der Waals surface area contributed by atoms with E-state index in [1.165, 1.54) is 10.2 Å². The summed E-state index contributed by atoms with van der Waals surface area (Å²) in [5, 5.41) is 12.3. The average molecular weight is 355 g/mol. The second kappa shape index (κ2) is 6.76. The molecule has 0 amide bonds. The van der Waals surface area contributed by atoms with Gasteiger partial charge in [-0.25, -0.2) is 4.68 Å². The van der Waals surface area contributed by atoms with Gasteiger partial charge in [0, 0.05) is 16.1 Å². The topological polar surface area (TPSA) is 60.7 Å². The third-order valence-corrected chi connectivity index (χ3v) is 4.25. The van der Waals surface area contributed by atoms with E-state index in [0.717, 1.165) is 5.56 Å². The Labute approximate surface area is 151 Å². The van der Waals surface area contributed by atoms with Gasteiger partial charge in [0.15, 0.2) is 11.6 Å². The molecule has 0 aliphatic carbocycles. The largest absolute Gasteiger partial charge is 0.292 e. The van der Waals surface area contributed by atoms with E-state index in [0.29, 0.717) is 16.4 Å². The molecule has 0 aliphatic heterocycles. The van der Waals surface area contributed by atoms with E-state index in [4.69, 9.17) is 11.6 Å². The number of rotatable bonds is 4. The second-order valence-corrected chi connectivity index (χ2v) is 7.35. The van der Waals surface area contributed by atoms with Crippen LogP contribution in [0, 0.1) is 0 Å². The Bertz CT molecular complexity index is 877. The minimum Gasteiger partial charge on any atom is -0.292 e. The molecule has 2 aromatic carbocycles. The summed E-state index contributed by atoms with van der Waals surface area (Å²) in [6.45, 7) is 6.51. The number of hydrogen-bond acceptors (Lipinski definition) is 4. The van der Waals surface area contributed by atoms with Crippen LogP contribution in [0.25, 0.3) is 11.4 Å². The molecule has 1 aromatic heterocycles. The Morgan fingerprint density at radius 1 is 1.04 bits per heavy atom. The first-order valence-corrected chi connectivity index (χ1v) is 8.38. The smallest absolute Gasteiger partial charge is 0.184 e. The molecule has 25 heavy (non-hydrogen) atoms. The molecule has 6 heteroatoms. The zero-order valence-corrected chi connectivity index (χ0v) is 15.2. The third-order valence-electron chi connectivity index (χ3n) is 4.00. The number of Topliss-reactive ketones (excluding diaryl/α,β-unsaturated/α-hetero) is 1. The number of hydrogen-bond donors (Lipinski definition) is 0. The van der Waals surface area contributed by atoms with Crippen LogP contribution in [0.5, 0.6) is 0 Å². The maximum atomic E-state index is 12.6. The van der Waals surface area contributed by atoms with Gasteiger partial charge < -0.3 is 0 Å². The van der Waals surface area contributed by atoms with Gasteiger partial charge in [-0.2, -0.15) is 0 Å². The summed E-state index contributed by atoms with van der Waals surface area (Å²) in [5.74, 6) is 0.499. The molecular weight excluding hydrogens is 336 g/mol. The molecule has 0 N–H and O–H groups in total. The molecule has 0 bridgehead atoms. The van der Waals surface area contributed by atoms with E-state index in [-0.39, 0.29) is 17.7 Å². The van der Waals surface area contributed by atoms with E-state index in [1.54, 1.807) is 12.1 Å². The van der Waals surface area contributed by atoms with Gasteiger partial charge in [-0.1, -0.05) is 56.6 Å². The van der Waals surface area contributed by atoms with Gasteiger partial charge in [-0.05, 0) is 45.7 Å². The van der Waals surface area contributed by atoms with Crippen LogP contribution in [0.1, 0.15) is 36.7 Å². The van der Waals surface area contributed by atoms with Gasteiger partial charge in [0.05, 0.1) is 0 Å². The van der Waals surface area contributed by atoms with Gasteiger partial charge in [0.25, 0.3) is 0 Å². The van der Waals surface area contributed by atoms with E-state index >= 15 is 0 Å². The predicted molar refractivity (Wildman–Crippen MR) is 97.7 cm³/mol. The molecular formula is C19H19ClN4O. The molecule has 128 valence electrons. The number of ketones is 1. The molecule has 0 atom stereocenters. The first-order valence-electron chi connectivity index (χ1n) is 8.00. The van der Waals surface area contributed by atoms with Gasteiger partial charge in [0.1, 0.15) is 6.54 Å². The highest BCUT2D eigenvalue weighted by Crippen LogP contribution is 2.23. The molecule has 0 aliphatic rings.